The summed E-state index contributed by atoms with van der Waals surface area (Å²) in [6, 6.07) is 11.3. The number of aromatic nitrogens is 1. The van der Waals surface area contributed by atoms with Crippen molar-refractivity contribution < 1.29 is 14.3 Å². The van der Waals surface area contributed by atoms with Gasteiger partial charge < -0.3 is 15.0 Å². The maximum Gasteiger partial charge on any atom is 0.261 e. The molecule has 4 rings (SSSR count). The zero-order valence-corrected chi connectivity index (χ0v) is 17.7. The number of fused-ring (bicyclic) bond motifs is 2. The highest BCUT2D eigenvalue weighted by Crippen LogP contribution is 2.39. The highest BCUT2D eigenvalue weighted by molar-refractivity contribution is 7.99. The van der Waals surface area contributed by atoms with Crippen LogP contribution in [-0.2, 0) is 9.53 Å². The van der Waals surface area contributed by atoms with E-state index in [-0.39, 0.29) is 18.2 Å². The Bertz CT molecular complexity index is 901. The molecule has 2 aliphatic heterocycles. The van der Waals surface area contributed by atoms with E-state index < -0.39 is 0 Å². The van der Waals surface area contributed by atoms with Crippen LogP contribution >= 0.6 is 11.8 Å². The Morgan fingerprint density at radius 3 is 2.83 bits per heavy atom. The molecule has 7 nitrogen and oxygen atoms in total. The van der Waals surface area contributed by atoms with Crippen LogP contribution in [0.5, 0.6) is 0 Å². The molecule has 0 bridgehead atoms. The summed E-state index contributed by atoms with van der Waals surface area (Å²) in [7, 11) is 0. The number of ether oxygens (including phenoxy) is 1. The molecule has 2 aliphatic rings. The number of hydrogen-bond donors (Lipinski definition) is 1. The van der Waals surface area contributed by atoms with Gasteiger partial charge in [0.2, 0.25) is 5.91 Å². The van der Waals surface area contributed by atoms with Gasteiger partial charge in [-0.3, -0.25) is 14.5 Å². The summed E-state index contributed by atoms with van der Waals surface area (Å²) in [6.45, 7) is 5.42. The average molecular weight is 427 g/mol. The Balaban J connectivity index is 1.34. The minimum Gasteiger partial charge on any atom is -0.379 e. The van der Waals surface area contributed by atoms with E-state index in [9.17, 15) is 9.59 Å². The molecule has 0 aliphatic carbocycles. The van der Waals surface area contributed by atoms with Gasteiger partial charge in [-0.25, -0.2) is 4.98 Å². The van der Waals surface area contributed by atoms with E-state index in [1.165, 1.54) is 11.8 Å². The highest BCUT2D eigenvalue weighted by Gasteiger charge is 2.28. The fraction of sp³-hybridized carbons (Fsp3) is 0.409. The van der Waals surface area contributed by atoms with Crippen LogP contribution in [0.3, 0.4) is 0 Å². The molecule has 0 radical (unpaired) electrons. The molecule has 30 heavy (non-hydrogen) atoms. The van der Waals surface area contributed by atoms with Gasteiger partial charge >= 0.3 is 0 Å². The lowest BCUT2D eigenvalue weighted by molar-refractivity contribution is -0.120. The van der Waals surface area contributed by atoms with Crippen molar-refractivity contribution in [2.45, 2.75) is 22.8 Å². The van der Waals surface area contributed by atoms with Gasteiger partial charge in [-0.2, -0.15) is 0 Å². The van der Waals surface area contributed by atoms with Crippen LogP contribution in [0.4, 0.5) is 5.69 Å². The van der Waals surface area contributed by atoms with Gasteiger partial charge in [-0.05, 0) is 37.2 Å². The number of pyridine rings is 1. The van der Waals surface area contributed by atoms with Crippen LogP contribution in [0, 0.1) is 0 Å². The molecule has 0 spiro atoms. The second-order valence-electron chi connectivity index (χ2n) is 7.29. The molecule has 1 aromatic carbocycles. The summed E-state index contributed by atoms with van der Waals surface area (Å²) in [6.07, 6.45) is 2.87. The summed E-state index contributed by atoms with van der Waals surface area (Å²) in [5.74, 6) is -0.152. The van der Waals surface area contributed by atoms with E-state index in [1.54, 1.807) is 23.2 Å². The second kappa shape index (κ2) is 10.1. The number of carbonyl (C=O) groups is 2. The van der Waals surface area contributed by atoms with Crippen molar-refractivity contribution in [3.63, 3.8) is 0 Å². The zero-order chi connectivity index (χ0) is 20.8. The predicted molar refractivity (Wildman–Crippen MR) is 116 cm³/mol. The zero-order valence-electron chi connectivity index (χ0n) is 16.9. The summed E-state index contributed by atoms with van der Waals surface area (Å²) >= 11 is 1.49. The predicted octanol–water partition coefficient (Wildman–Crippen LogP) is 2.42. The van der Waals surface area contributed by atoms with Crippen LogP contribution in [-0.4, -0.2) is 67.6 Å². The first-order valence-electron chi connectivity index (χ1n) is 10.3. The van der Waals surface area contributed by atoms with Crippen molar-refractivity contribution in [3.8, 4) is 0 Å². The van der Waals surface area contributed by atoms with Crippen LogP contribution in [0.15, 0.2) is 52.5 Å². The van der Waals surface area contributed by atoms with Gasteiger partial charge in [0, 0.05) is 43.7 Å². The number of benzene rings is 1. The molecule has 1 saturated heterocycles. The number of rotatable bonds is 7. The van der Waals surface area contributed by atoms with Crippen molar-refractivity contribution in [2.24, 2.45) is 0 Å². The lowest BCUT2D eigenvalue weighted by Gasteiger charge is -2.26. The molecule has 1 N–H and O–H groups in total. The standard InChI is InChI=1S/C22H26N4O3S/c27-20(23-10-4-11-25-13-15-29-16-14-25)8-12-26-18-6-1-2-7-19(18)30-21-17(22(26)28)5-3-9-24-21/h1-3,5-7,9H,4,8,10-16H2,(H,23,27). The van der Waals surface area contributed by atoms with Crippen LogP contribution in [0.1, 0.15) is 23.2 Å². The Labute approximate surface area is 180 Å². The number of hydrogen-bond acceptors (Lipinski definition) is 6. The van der Waals surface area contributed by atoms with E-state index in [2.05, 4.69) is 15.2 Å². The summed E-state index contributed by atoms with van der Waals surface area (Å²) < 4.78 is 5.35. The smallest absolute Gasteiger partial charge is 0.261 e. The maximum absolute atomic E-state index is 13.2. The number of morpholine rings is 1. The van der Waals surface area contributed by atoms with E-state index in [1.807, 2.05) is 24.3 Å². The third kappa shape index (κ3) is 5.00. The van der Waals surface area contributed by atoms with Gasteiger partial charge in [-0.1, -0.05) is 23.9 Å². The van der Waals surface area contributed by atoms with E-state index in [0.29, 0.717) is 23.7 Å². The van der Waals surface area contributed by atoms with Crippen molar-refractivity contribution >= 4 is 29.3 Å². The highest BCUT2D eigenvalue weighted by atomic mass is 32.2. The molecule has 1 aromatic heterocycles. The number of nitrogens with zero attached hydrogens (tertiary/aromatic N) is 3. The fourth-order valence-electron chi connectivity index (χ4n) is 3.64. The molecular formula is C22H26N4O3S. The second-order valence-corrected chi connectivity index (χ2v) is 8.32. The lowest BCUT2D eigenvalue weighted by Crippen LogP contribution is -2.38. The molecule has 8 heteroatoms. The Kier molecular flexibility index (Phi) is 6.99. The van der Waals surface area contributed by atoms with Crippen molar-refractivity contribution in [2.75, 3.05) is 50.8 Å². The Hall–Kier alpha value is -2.42. The summed E-state index contributed by atoms with van der Waals surface area (Å²) in [4.78, 5) is 34.9. The molecule has 158 valence electrons. The number of amides is 2. The summed E-state index contributed by atoms with van der Waals surface area (Å²) in [5, 5.41) is 3.68. The minimum absolute atomic E-state index is 0.0365. The third-order valence-corrected chi connectivity index (χ3v) is 6.33. The van der Waals surface area contributed by atoms with Crippen molar-refractivity contribution in [1.82, 2.24) is 15.2 Å². The minimum atomic E-state index is -0.115. The third-order valence-electron chi connectivity index (χ3n) is 5.25. The van der Waals surface area contributed by atoms with E-state index >= 15 is 0 Å². The number of anilines is 1. The van der Waals surface area contributed by atoms with Crippen LogP contribution in [0.2, 0.25) is 0 Å². The van der Waals surface area contributed by atoms with Gasteiger partial charge in [0.15, 0.2) is 0 Å². The lowest BCUT2D eigenvalue weighted by atomic mass is 10.2. The molecular weight excluding hydrogens is 400 g/mol. The SMILES string of the molecule is O=C(CCN1C(=O)c2cccnc2Sc2ccccc21)NCCCN1CCOCC1. The van der Waals surface area contributed by atoms with Gasteiger partial charge in [0.25, 0.3) is 5.91 Å². The average Bonchev–Trinajstić information content (AvgIpc) is 2.90. The van der Waals surface area contributed by atoms with E-state index in [4.69, 9.17) is 4.74 Å². The Morgan fingerprint density at radius 1 is 1.13 bits per heavy atom. The number of nitrogens with one attached hydrogen (secondary N) is 1. The first-order valence-corrected chi connectivity index (χ1v) is 11.1. The molecule has 2 aromatic rings. The van der Waals surface area contributed by atoms with Crippen molar-refractivity contribution in [1.29, 1.82) is 0 Å². The fourth-order valence-corrected chi connectivity index (χ4v) is 4.66. The monoisotopic (exact) mass is 426 g/mol. The first-order chi connectivity index (χ1) is 14.7. The van der Waals surface area contributed by atoms with Gasteiger partial charge in [0.05, 0.1) is 24.5 Å². The number of carbonyl (C=O) groups excluding carboxylic acids is 2. The molecule has 0 atom stereocenters. The van der Waals surface area contributed by atoms with Crippen molar-refractivity contribution in [3.05, 3.63) is 48.2 Å². The quantitative estimate of drug-likeness (QED) is 0.686. The maximum atomic E-state index is 13.2. The van der Waals surface area contributed by atoms with Crippen LogP contribution in [0.25, 0.3) is 0 Å². The topological polar surface area (TPSA) is 74.8 Å². The van der Waals surface area contributed by atoms with Gasteiger partial charge in [0.1, 0.15) is 5.03 Å². The van der Waals surface area contributed by atoms with Crippen LogP contribution < -0.4 is 10.2 Å². The largest absolute Gasteiger partial charge is 0.379 e. The molecule has 0 unspecified atom stereocenters. The molecule has 2 amide bonds. The normalized spacial score (nSPS) is 16.5. The number of para-hydroxylation sites is 1. The molecule has 1 fully saturated rings. The molecule has 3 heterocycles. The molecule has 0 saturated carbocycles. The van der Waals surface area contributed by atoms with Gasteiger partial charge in [-0.15, -0.1) is 0 Å². The van der Waals surface area contributed by atoms with E-state index in [0.717, 1.165) is 49.9 Å². The summed E-state index contributed by atoms with van der Waals surface area (Å²) in [5.41, 5.74) is 1.40. The first kappa shape index (κ1) is 20.8. The Morgan fingerprint density at radius 2 is 1.97 bits per heavy atom.